The van der Waals surface area contributed by atoms with Crippen LogP contribution in [0, 0.1) is 27.7 Å². The lowest BCUT2D eigenvalue weighted by Crippen LogP contribution is -2.39. The second kappa shape index (κ2) is 8.19. The number of hydrogen-bond donors (Lipinski definition) is 1. The molecule has 0 aliphatic rings. The monoisotopic (exact) mass is 339 g/mol. The zero-order valence-electron chi connectivity index (χ0n) is 16.1. The minimum atomic E-state index is -0.491. The van der Waals surface area contributed by atoms with Crippen molar-refractivity contribution < 1.29 is 9.53 Å². The van der Waals surface area contributed by atoms with E-state index in [0.717, 1.165) is 22.4 Å². The van der Waals surface area contributed by atoms with Gasteiger partial charge in [-0.15, -0.1) is 0 Å². The van der Waals surface area contributed by atoms with Gasteiger partial charge < -0.3 is 10.1 Å². The highest BCUT2D eigenvalue weighted by molar-refractivity contribution is 5.81. The fourth-order valence-electron chi connectivity index (χ4n) is 3.18. The molecule has 0 aromatic heterocycles. The first kappa shape index (κ1) is 19.0. The van der Waals surface area contributed by atoms with Gasteiger partial charge in [0, 0.05) is 0 Å². The molecule has 3 heteroatoms. The molecule has 0 fully saturated rings. The van der Waals surface area contributed by atoms with Crippen molar-refractivity contribution in [3.8, 4) is 5.75 Å². The molecule has 0 aliphatic heterocycles. The predicted octanol–water partition coefficient (Wildman–Crippen LogP) is 4.96. The lowest BCUT2D eigenvalue weighted by atomic mass is 10.00. The maximum atomic E-state index is 12.7. The van der Waals surface area contributed by atoms with Crippen molar-refractivity contribution in [1.82, 2.24) is 5.32 Å². The first-order chi connectivity index (χ1) is 11.8. The number of hydrogen-bond acceptors (Lipinski definition) is 2. The van der Waals surface area contributed by atoms with E-state index in [4.69, 9.17) is 4.74 Å². The van der Waals surface area contributed by atoms with E-state index in [1.165, 1.54) is 11.1 Å². The molecule has 2 rings (SSSR count). The number of carbonyl (C=O) groups is 1. The van der Waals surface area contributed by atoms with E-state index in [2.05, 4.69) is 43.4 Å². The smallest absolute Gasteiger partial charge is 0.261 e. The van der Waals surface area contributed by atoms with Crippen LogP contribution in [-0.4, -0.2) is 12.0 Å². The van der Waals surface area contributed by atoms with Gasteiger partial charge in [-0.25, -0.2) is 0 Å². The molecule has 3 nitrogen and oxygen atoms in total. The maximum Gasteiger partial charge on any atom is 0.261 e. The van der Waals surface area contributed by atoms with Crippen LogP contribution in [0.25, 0.3) is 0 Å². The minimum absolute atomic E-state index is 0.0509. The van der Waals surface area contributed by atoms with Gasteiger partial charge in [-0.05, 0) is 75.4 Å². The number of rotatable bonds is 6. The van der Waals surface area contributed by atoms with Gasteiger partial charge >= 0.3 is 0 Å². The van der Waals surface area contributed by atoms with Gasteiger partial charge in [0.2, 0.25) is 0 Å². The lowest BCUT2D eigenvalue weighted by molar-refractivity contribution is -0.128. The van der Waals surface area contributed by atoms with Crippen molar-refractivity contribution in [1.29, 1.82) is 0 Å². The Morgan fingerprint density at radius 2 is 1.64 bits per heavy atom. The van der Waals surface area contributed by atoms with Gasteiger partial charge in [0.1, 0.15) is 5.75 Å². The summed E-state index contributed by atoms with van der Waals surface area (Å²) in [5.74, 6) is 0.674. The maximum absolute atomic E-state index is 12.7. The van der Waals surface area contributed by atoms with Crippen LogP contribution in [-0.2, 0) is 4.79 Å². The van der Waals surface area contributed by atoms with Crippen LogP contribution in [0.4, 0.5) is 0 Å². The molecule has 0 aliphatic carbocycles. The molecule has 0 saturated heterocycles. The summed E-state index contributed by atoms with van der Waals surface area (Å²) in [6, 6.07) is 12.3. The van der Waals surface area contributed by atoms with E-state index < -0.39 is 6.10 Å². The molecular formula is C22H29NO2. The first-order valence-electron chi connectivity index (χ1n) is 8.92. The summed E-state index contributed by atoms with van der Waals surface area (Å²) >= 11 is 0. The summed E-state index contributed by atoms with van der Waals surface area (Å²) in [6.45, 7) is 12.2. The highest BCUT2D eigenvalue weighted by Crippen LogP contribution is 2.21. The van der Waals surface area contributed by atoms with Crippen molar-refractivity contribution in [2.75, 3.05) is 0 Å². The quantitative estimate of drug-likeness (QED) is 0.808. The normalized spacial score (nSPS) is 13.2. The number of aryl methyl sites for hydroxylation is 4. The van der Waals surface area contributed by atoms with Gasteiger partial charge in [0.25, 0.3) is 5.91 Å². The van der Waals surface area contributed by atoms with Crippen LogP contribution < -0.4 is 10.1 Å². The Balaban J connectivity index is 2.08. The second-order valence-corrected chi connectivity index (χ2v) is 6.93. The number of benzene rings is 2. The topological polar surface area (TPSA) is 38.3 Å². The Labute approximate surface area is 151 Å². The summed E-state index contributed by atoms with van der Waals surface area (Å²) in [5.41, 5.74) is 5.82. The third-order valence-corrected chi connectivity index (χ3v) is 4.39. The zero-order valence-corrected chi connectivity index (χ0v) is 16.1. The number of ether oxygens (including phenoxy) is 1. The van der Waals surface area contributed by atoms with Crippen LogP contribution in [0.1, 0.15) is 54.1 Å². The van der Waals surface area contributed by atoms with Crippen LogP contribution in [0.15, 0.2) is 36.4 Å². The second-order valence-electron chi connectivity index (χ2n) is 6.93. The first-order valence-corrected chi connectivity index (χ1v) is 8.92. The molecule has 2 atom stereocenters. The van der Waals surface area contributed by atoms with Gasteiger partial charge in [0.15, 0.2) is 6.10 Å². The van der Waals surface area contributed by atoms with Gasteiger partial charge in [-0.2, -0.15) is 0 Å². The summed E-state index contributed by atoms with van der Waals surface area (Å²) in [6.07, 6.45) is 0.132. The van der Waals surface area contributed by atoms with Crippen molar-refractivity contribution in [3.05, 3.63) is 64.2 Å². The molecule has 0 saturated carbocycles. The largest absolute Gasteiger partial charge is 0.481 e. The van der Waals surface area contributed by atoms with Crippen molar-refractivity contribution in [2.45, 2.75) is 60.1 Å². The summed E-state index contributed by atoms with van der Waals surface area (Å²) in [7, 11) is 0. The van der Waals surface area contributed by atoms with E-state index >= 15 is 0 Å². The Kier molecular flexibility index (Phi) is 6.24. The minimum Gasteiger partial charge on any atom is -0.481 e. The van der Waals surface area contributed by atoms with Crippen molar-refractivity contribution in [2.24, 2.45) is 0 Å². The van der Waals surface area contributed by atoms with E-state index in [1.807, 2.05) is 39.8 Å². The van der Waals surface area contributed by atoms with Gasteiger partial charge in [0.05, 0.1) is 6.04 Å². The molecule has 134 valence electrons. The van der Waals surface area contributed by atoms with E-state index in [-0.39, 0.29) is 11.9 Å². The molecule has 0 bridgehead atoms. The van der Waals surface area contributed by atoms with E-state index in [9.17, 15) is 4.79 Å². The van der Waals surface area contributed by atoms with Crippen LogP contribution in [0.2, 0.25) is 0 Å². The summed E-state index contributed by atoms with van der Waals surface area (Å²) < 4.78 is 5.96. The Morgan fingerprint density at radius 3 is 2.20 bits per heavy atom. The number of nitrogens with one attached hydrogen (secondary N) is 1. The average Bonchev–Trinajstić information content (AvgIpc) is 2.51. The standard InChI is InChI=1S/C22H29NO2/c1-7-21(25-19-12-15(3)10-16(4)13-19)22(24)23-18(6)20-9-8-14(2)11-17(20)5/h8-13,18,21H,7H2,1-6H3,(H,23,24)/t18-,21-/m0/s1. The lowest BCUT2D eigenvalue weighted by Gasteiger charge is -2.22. The Morgan fingerprint density at radius 1 is 1.00 bits per heavy atom. The highest BCUT2D eigenvalue weighted by atomic mass is 16.5. The van der Waals surface area contributed by atoms with E-state index in [0.29, 0.717) is 6.42 Å². The van der Waals surface area contributed by atoms with Crippen molar-refractivity contribution in [3.63, 3.8) is 0 Å². The van der Waals surface area contributed by atoms with Crippen LogP contribution in [0.5, 0.6) is 5.75 Å². The predicted molar refractivity (Wildman–Crippen MR) is 103 cm³/mol. The molecule has 0 unspecified atom stereocenters. The Bertz CT molecular complexity index is 731. The van der Waals surface area contributed by atoms with Gasteiger partial charge in [-0.1, -0.05) is 36.8 Å². The third-order valence-electron chi connectivity index (χ3n) is 4.39. The van der Waals surface area contributed by atoms with Crippen LogP contribution >= 0.6 is 0 Å². The molecule has 0 heterocycles. The Hall–Kier alpha value is -2.29. The van der Waals surface area contributed by atoms with Crippen LogP contribution in [0.3, 0.4) is 0 Å². The molecule has 25 heavy (non-hydrogen) atoms. The van der Waals surface area contributed by atoms with Gasteiger partial charge in [-0.3, -0.25) is 4.79 Å². The SMILES string of the molecule is CC[C@H](Oc1cc(C)cc(C)c1)C(=O)N[C@@H](C)c1ccc(C)cc1C. The zero-order chi connectivity index (χ0) is 18.6. The summed E-state index contributed by atoms with van der Waals surface area (Å²) in [5, 5.41) is 3.09. The third kappa shape index (κ3) is 5.09. The number of carbonyl (C=O) groups excluding carboxylic acids is 1. The molecule has 0 spiro atoms. The molecule has 1 N–H and O–H groups in total. The fraction of sp³-hybridized carbons (Fsp3) is 0.409. The molecule has 2 aromatic carbocycles. The summed E-state index contributed by atoms with van der Waals surface area (Å²) in [4.78, 5) is 12.7. The van der Waals surface area contributed by atoms with E-state index in [1.54, 1.807) is 0 Å². The average molecular weight is 339 g/mol. The van der Waals surface area contributed by atoms with Crippen molar-refractivity contribution >= 4 is 5.91 Å². The molecule has 0 radical (unpaired) electrons. The molecule has 2 aromatic rings. The number of amides is 1. The fourth-order valence-corrected chi connectivity index (χ4v) is 3.18. The molecular weight excluding hydrogens is 310 g/mol. The highest BCUT2D eigenvalue weighted by Gasteiger charge is 2.21. The molecule has 1 amide bonds.